The number of nitrogens with two attached hydrogens (primary N) is 1. The highest BCUT2D eigenvalue weighted by molar-refractivity contribution is 5.04. The van der Waals surface area contributed by atoms with Gasteiger partial charge in [0, 0.05) is 17.1 Å². The fourth-order valence-corrected chi connectivity index (χ4v) is 2.75. The average Bonchev–Trinajstić information content (AvgIpc) is 2.07. The van der Waals surface area contributed by atoms with Crippen molar-refractivity contribution in [2.24, 2.45) is 5.73 Å². The number of allylic oxidation sites excluding steroid dienone is 2. The van der Waals surface area contributed by atoms with Gasteiger partial charge in [0.15, 0.2) is 0 Å². The Hall–Kier alpha value is -0.960. The van der Waals surface area contributed by atoms with Crippen LogP contribution in [0.5, 0.6) is 0 Å². The van der Waals surface area contributed by atoms with Gasteiger partial charge in [-0.2, -0.15) is 0 Å². The van der Waals surface area contributed by atoms with Crippen molar-refractivity contribution in [3.8, 4) is 0 Å². The van der Waals surface area contributed by atoms with Gasteiger partial charge in [-0.25, -0.2) is 0 Å². The number of piperidine rings is 1. The Morgan fingerprint density at radius 1 is 1.12 bits per heavy atom. The van der Waals surface area contributed by atoms with Crippen molar-refractivity contribution in [3.63, 3.8) is 0 Å². The molecule has 0 amide bonds. The Kier molecular flexibility index (Phi) is 4.03. The summed E-state index contributed by atoms with van der Waals surface area (Å²) in [6.45, 7) is 9.02. The lowest BCUT2D eigenvalue weighted by atomic mass is 9.80. The van der Waals surface area contributed by atoms with E-state index in [4.69, 9.17) is 5.73 Å². The third kappa shape index (κ3) is 4.27. The molecular formula is C13H25N3. The first-order chi connectivity index (χ1) is 7.35. The van der Waals surface area contributed by atoms with E-state index in [1.165, 1.54) is 6.20 Å². The van der Waals surface area contributed by atoms with Crippen LogP contribution in [0, 0.1) is 0 Å². The van der Waals surface area contributed by atoms with Crippen LogP contribution >= 0.6 is 0 Å². The van der Waals surface area contributed by atoms with Crippen LogP contribution in [0.3, 0.4) is 0 Å². The van der Waals surface area contributed by atoms with Gasteiger partial charge in [-0.05, 0) is 65.1 Å². The maximum Gasteiger partial charge on any atom is 0.0290 e. The summed E-state index contributed by atoms with van der Waals surface area (Å²) < 4.78 is 0. The molecule has 0 unspecified atom stereocenters. The smallest absolute Gasteiger partial charge is 0.0290 e. The molecule has 0 radical (unpaired) electrons. The van der Waals surface area contributed by atoms with Gasteiger partial charge in [-0.15, -0.1) is 0 Å². The molecule has 3 nitrogen and oxygen atoms in total. The summed E-state index contributed by atoms with van der Waals surface area (Å²) in [5.41, 5.74) is 5.65. The molecule has 16 heavy (non-hydrogen) atoms. The third-order valence-corrected chi connectivity index (χ3v) is 2.84. The molecule has 3 heteroatoms. The topological polar surface area (TPSA) is 50.1 Å². The predicted molar refractivity (Wildman–Crippen MR) is 69.9 cm³/mol. The summed E-state index contributed by atoms with van der Waals surface area (Å²) in [6, 6.07) is 0.522. The number of rotatable bonds is 3. The fraction of sp³-hybridized carbons (Fsp3) is 0.692. The van der Waals surface area contributed by atoms with Gasteiger partial charge in [-0.3, -0.25) is 0 Å². The van der Waals surface area contributed by atoms with Crippen LogP contribution in [-0.2, 0) is 0 Å². The van der Waals surface area contributed by atoms with Gasteiger partial charge in [0.2, 0.25) is 0 Å². The van der Waals surface area contributed by atoms with Crippen molar-refractivity contribution in [1.82, 2.24) is 10.6 Å². The molecule has 0 aromatic carbocycles. The van der Waals surface area contributed by atoms with Crippen molar-refractivity contribution < 1.29 is 0 Å². The van der Waals surface area contributed by atoms with Gasteiger partial charge in [0.05, 0.1) is 0 Å². The van der Waals surface area contributed by atoms with E-state index in [2.05, 4.69) is 38.3 Å². The second-order valence-corrected chi connectivity index (χ2v) is 5.91. The van der Waals surface area contributed by atoms with Gasteiger partial charge in [-0.1, -0.05) is 0 Å². The van der Waals surface area contributed by atoms with E-state index in [9.17, 15) is 0 Å². The minimum Gasteiger partial charge on any atom is -0.405 e. The lowest BCUT2D eigenvalue weighted by Crippen LogP contribution is -2.61. The number of hydrogen-bond acceptors (Lipinski definition) is 3. The summed E-state index contributed by atoms with van der Waals surface area (Å²) in [5.74, 6) is 0. The number of hydrogen-bond donors (Lipinski definition) is 3. The minimum absolute atomic E-state index is 0.191. The summed E-state index contributed by atoms with van der Waals surface area (Å²) >= 11 is 0. The highest BCUT2D eigenvalue weighted by Crippen LogP contribution is 2.28. The Morgan fingerprint density at radius 3 is 2.19 bits per heavy atom. The zero-order chi connectivity index (χ0) is 12.2. The van der Waals surface area contributed by atoms with Crippen LogP contribution < -0.4 is 16.4 Å². The van der Waals surface area contributed by atoms with Crippen molar-refractivity contribution in [1.29, 1.82) is 0 Å². The Bertz CT molecular complexity index is 261. The van der Waals surface area contributed by atoms with Crippen molar-refractivity contribution >= 4 is 0 Å². The maximum atomic E-state index is 5.26. The summed E-state index contributed by atoms with van der Waals surface area (Å²) in [7, 11) is 0. The third-order valence-electron chi connectivity index (χ3n) is 2.84. The van der Waals surface area contributed by atoms with E-state index in [1.54, 1.807) is 0 Å². The Labute approximate surface area is 99.2 Å². The molecule has 0 aliphatic carbocycles. The van der Waals surface area contributed by atoms with Crippen molar-refractivity contribution in [2.75, 3.05) is 0 Å². The Balaban J connectivity index is 2.54. The molecule has 0 atom stereocenters. The lowest BCUT2D eigenvalue weighted by Gasteiger charge is -2.46. The van der Waals surface area contributed by atoms with Crippen LogP contribution in [0.25, 0.3) is 0 Å². The van der Waals surface area contributed by atoms with Crippen LogP contribution in [0.2, 0.25) is 0 Å². The van der Waals surface area contributed by atoms with Crippen LogP contribution in [0.1, 0.15) is 40.5 Å². The van der Waals surface area contributed by atoms with Crippen LogP contribution in [0.15, 0.2) is 24.6 Å². The zero-order valence-corrected chi connectivity index (χ0v) is 10.9. The number of nitrogens with one attached hydrogen (secondary N) is 2. The second kappa shape index (κ2) is 4.91. The first-order valence-electron chi connectivity index (χ1n) is 5.93. The second-order valence-electron chi connectivity index (χ2n) is 5.91. The van der Waals surface area contributed by atoms with E-state index in [1.807, 2.05) is 18.4 Å². The first-order valence-corrected chi connectivity index (χ1v) is 5.93. The average molecular weight is 223 g/mol. The van der Waals surface area contributed by atoms with Gasteiger partial charge in [0.1, 0.15) is 0 Å². The van der Waals surface area contributed by atoms with Gasteiger partial charge >= 0.3 is 0 Å². The molecule has 1 aliphatic rings. The molecule has 0 saturated carbocycles. The SMILES string of the molecule is CC1(C)CC(N/C=C/C=C\N)CC(C)(C)N1. The molecule has 0 spiro atoms. The van der Waals surface area contributed by atoms with Crippen LogP contribution in [-0.4, -0.2) is 17.1 Å². The standard InChI is InChI=1S/C13H25N3/c1-12(2)9-11(10-13(3,4)16-12)15-8-6-5-7-14/h5-8,11,15-16H,9-10,14H2,1-4H3/b7-5-,8-6+. The maximum absolute atomic E-state index is 5.26. The summed E-state index contributed by atoms with van der Waals surface area (Å²) in [6.07, 6.45) is 9.53. The molecule has 1 heterocycles. The van der Waals surface area contributed by atoms with Crippen molar-refractivity contribution in [2.45, 2.75) is 57.7 Å². The molecule has 92 valence electrons. The summed E-state index contributed by atoms with van der Waals surface area (Å²) in [5, 5.41) is 7.11. The van der Waals surface area contributed by atoms with Gasteiger partial charge < -0.3 is 16.4 Å². The van der Waals surface area contributed by atoms with Crippen LogP contribution in [0.4, 0.5) is 0 Å². The lowest BCUT2D eigenvalue weighted by molar-refractivity contribution is 0.153. The molecule has 1 fully saturated rings. The fourth-order valence-electron chi connectivity index (χ4n) is 2.75. The van der Waals surface area contributed by atoms with E-state index in [-0.39, 0.29) is 11.1 Å². The Morgan fingerprint density at radius 2 is 1.69 bits per heavy atom. The van der Waals surface area contributed by atoms with E-state index >= 15 is 0 Å². The van der Waals surface area contributed by atoms with Crippen molar-refractivity contribution in [3.05, 3.63) is 24.6 Å². The molecule has 1 rings (SSSR count). The molecule has 4 N–H and O–H groups in total. The largest absolute Gasteiger partial charge is 0.405 e. The molecular weight excluding hydrogens is 198 g/mol. The minimum atomic E-state index is 0.191. The first kappa shape index (κ1) is 13.1. The molecule has 1 aliphatic heterocycles. The highest BCUT2D eigenvalue weighted by Gasteiger charge is 2.37. The van der Waals surface area contributed by atoms with E-state index in [0.717, 1.165) is 12.8 Å². The predicted octanol–water partition coefficient (Wildman–Crippen LogP) is 1.87. The summed E-state index contributed by atoms with van der Waals surface area (Å²) in [4.78, 5) is 0. The molecule has 0 bridgehead atoms. The molecule has 0 aromatic heterocycles. The van der Waals surface area contributed by atoms with E-state index in [0.29, 0.717) is 6.04 Å². The zero-order valence-electron chi connectivity index (χ0n) is 10.9. The molecule has 0 aromatic rings. The van der Waals surface area contributed by atoms with Gasteiger partial charge in [0.25, 0.3) is 0 Å². The van der Waals surface area contributed by atoms with E-state index < -0.39 is 0 Å². The monoisotopic (exact) mass is 223 g/mol. The quantitative estimate of drug-likeness (QED) is 0.640. The highest BCUT2D eigenvalue weighted by atomic mass is 15.1. The normalized spacial score (nSPS) is 25.2. The molecule has 1 saturated heterocycles.